The van der Waals surface area contributed by atoms with Crippen LogP contribution < -0.4 is 5.90 Å². The van der Waals surface area contributed by atoms with Gasteiger partial charge >= 0.3 is 5.97 Å². The van der Waals surface area contributed by atoms with Crippen LogP contribution in [-0.2, 0) is 9.63 Å². The highest BCUT2D eigenvalue weighted by molar-refractivity contribution is 8.15. The highest BCUT2D eigenvalue weighted by atomic mass is 32.2. The number of fused-ring (bicyclic) bond motifs is 1. The molecule has 1 unspecified atom stereocenters. The van der Waals surface area contributed by atoms with Crippen LogP contribution in [0.1, 0.15) is 5.01 Å². The lowest BCUT2D eigenvalue weighted by atomic mass is 10.3. The number of carbonyl (C=O) groups excluding carboxylic acids is 1. The average molecular weight is 313 g/mol. The van der Waals surface area contributed by atoms with Gasteiger partial charge in [0.1, 0.15) is 15.8 Å². The molecule has 1 aromatic heterocycles. The van der Waals surface area contributed by atoms with Crippen molar-refractivity contribution in [2.24, 2.45) is 10.9 Å². The number of nitrogens with zero attached hydrogens (tertiary/aromatic N) is 2. The molecule has 3 rings (SSSR count). The number of halogens is 1. The number of alkyl halides is 1. The summed E-state index contributed by atoms with van der Waals surface area (Å²) in [6, 6.07) is 3.47. The number of aromatic hydroxyl groups is 1. The summed E-state index contributed by atoms with van der Waals surface area (Å²) in [5.41, 5.74) is -0.868. The number of phenols is 1. The molecule has 0 aliphatic carbocycles. The molecule has 1 aromatic carbocycles. The highest BCUT2D eigenvalue weighted by Crippen LogP contribution is 2.35. The van der Waals surface area contributed by atoms with Gasteiger partial charge in [0.25, 0.3) is 0 Å². The van der Waals surface area contributed by atoms with Crippen molar-refractivity contribution in [2.75, 3.05) is 0 Å². The molecule has 2 heterocycles. The van der Waals surface area contributed by atoms with Gasteiger partial charge in [0.05, 0.1) is 10.2 Å². The molecular weight excluding hydrogens is 305 g/mol. The Bertz CT molecular complexity index is 718. The van der Waals surface area contributed by atoms with E-state index in [0.717, 1.165) is 16.5 Å². The first-order valence-corrected chi connectivity index (χ1v) is 7.17. The van der Waals surface area contributed by atoms with Gasteiger partial charge in [0.15, 0.2) is 11.5 Å². The first-order chi connectivity index (χ1) is 9.58. The summed E-state index contributed by atoms with van der Waals surface area (Å²) in [6.45, 7) is 0. The fraction of sp³-hybridized carbons (Fsp3) is 0.182. The molecular formula is C11H8FN3O3S2. The van der Waals surface area contributed by atoms with Gasteiger partial charge in [0.2, 0.25) is 0 Å². The van der Waals surface area contributed by atoms with E-state index in [9.17, 15) is 14.3 Å². The van der Waals surface area contributed by atoms with Crippen molar-refractivity contribution in [1.29, 1.82) is 0 Å². The number of hydrogen-bond acceptors (Lipinski definition) is 8. The largest absolute Gasteiger partial charge is 0.508 e. The van der Waals surface area contributed by atoms with Gasteiger partial charge in [-0.2, -0.15) is 5.90 Å². The van der Waals surface area contributed by atoms with Gasteiger partial charge in [-0.1, -0.05) is 11.8 Å². The Balaban J connectivity index is 1.97. The maximum absolute atomic E-state index is 13.7. The average Bonchev–Trinajstić information content (AvgIpc) is 3.00. The summed E-state index contributed by atoms with van der Waals surface area (Å²) in [5, 5.41) is 10.2. The summed E-state index contributed by atoms with van der Waals surface area (Å²) < 4.78 is 14.5. The monoisotopic (exact) mass is 313 g/mol. The topological polar surface area (TPSA) is 97.8 Å². The van der Waals surface area contributed by atoms with Gasteiger partial charge in [0, 0.05) is 0 Å². The second kappa shape index (κ2) is 5.00. The van der Waals surface area contributed by atoms with Crippen molar-refractivity contribution in [3.05, 3.63) is 23.2 Å². The van der Waals surface area contributed by atoms with Crippen molar-refractivity contribution in [3.63, 3.8) is 0 Å². The molecule has 0 spiro atoms. The zero-order valence-corrected chi connectivity index (χ0v) is 11.4. The minimum absolute atomic E-state index is 0.127. The van der Waals surface area contributed by atoms with Gasteiger partial charge in [-0.05, 0) is 18.2 Å². The molecule has 1 aliphatic rings. The van der Waals surface area contributed by atoms with E-state index in [0.29, 0.717) is 15.6 Å². The van der Waals surface area contributed by atoms with Crippen LogP contribution in [0.25, 0.3) is 10.2 Å². The number of benzene rings is 1. The van der Waals surface area contributed by atoms with Crippen molar-refractivity contribution >= 4 is 44.3 Å². The van der Waals surface area contributed by atoms with E-state index in [4.69, 9.17) is 5.90 Å². The molecule has 0 bridgehead atoms. The van der Waals surface area contributed by atoms with Gasteiger partial charge in [-0.15, -0.1) is 11.3 Å². The van der Waals surface area contributed by atoms with Crippen LogP contribution in [0.5, 0.6) is 5.75 Å². The van der Waals surface area contributed by atoms with Crippen LogP contribution in [0, 0.1) is 0 Å². The summed E-state index contributed by atoms with van der Waals surface area (Å²) in [7, 11) is 0. The lowest BCUT2D eigenvalue weighted by Gasteiger charge is -2.04. The molecule has 1 aliphatic heterocycles. The molecule has 0 amide bonds. The number of nitrogens with two attached hydrogens (primary N) is 1. The molecule has 0 saturated carbocycles. The van der Waals surface area contributed by atoms with Crippen molar-refractivity contribution < 1.29 is 19.1 Å². The molecule has 3 N–H and O–H groups in total. The predicted octanol–water partition coefficient (Wildman–Crippen LogP) is 1.58. The Morgan fingerprint density at radius 2 is 2.30 bits per heavy atom. The van der Waals surface area contributed by atoms with E-state index in [1.165, 1.54) is 17.4 Å². The molecule has 9 heteroatoms. The lowest BCUT2D eigenvalue weighted by molar-refractivity contribution is -0.146. The van der Waals surface area contributed by atoms with Crippen LogP contribution in [0.3, 0.4) is 0 Å². The molecule has 0 fully saturated rings. The predicted molar refractivity (Wildman–Crippen MR) is 74.4 cm³/mol. The van der Waals surface area contributed by atoms with Crippen LogP contribution in [0.2, 0.25) is 0 Å². The Morgan fingerprint density at radius 3 is 3.05 bits per heavy atom. The Labute approximate surface area is 120 Å². The molecule has 0 radical (unpaired) electrons. The minimum Gasteiger partial charge on any atom is -0.508 e. The number of aromatic nitrogens is 1. The first kappa shape index (κ1) is 13.3. The van der Waals surface area contributed by atoms with Crippen molar-refractivity contribution in [1.82, 2.24) is 4.98 Å². The lowest BCUT2D eigenvalue weighted by Crippen LogP contribution is -2.28. The first-order valence-electron chi connectivity index (χ1n) is 5.47. The van der Waals surface area contributed by atoms with Gasteiger partial charge in [-0.25, -0.2) is 14.2 Å². The van der Waals surface area contributed by atoms with E-state index in [2.05, 4.69) is 14.8 Å². The number of thioether (sulfide) groups is 1. The van der Waals surface area contributed by atoms with E-state index < -0.39 is 17.5 Å². The maximum Gasteiger partial charge on any atom is 0.353 e. The fourth-order valence-corrected chi connectivity index (χ4v) is 3.72. The summed E-state index contributed by atoms with van der Waals surface area (Å²) in [4.78, 5) is 23.5. The van der Waals surface area contributed by atoms with Crippen LogP contribution in [0.4, 0.5) is 4.39 Å². The molecule has 20 heavy (non-hydrogen) atoms. The van der Waals surface area contributed by atoms with E-state index >= 15 is 0 Å². The van der Waals surface area contributed by atoms with Gasteiger partial charge in [-0.3, -0.25) is 4.99 Å². The standard InChI is InChI=1S/C11H8FN3O3S2/c12-8-7(11(17)18-13)15-10(20-8)9-14-5-2-1-4(16)3-6(5)19-9/h1-3,7-8,16H,13H2/t7-,8?/m1/s1. The zero-order valence-electron chi connectivity index (χ0n) is 9.82. The second-order valence-electron chi connectivity index (χ2n) is 3.96. The van der Waals surface area contributed by atoms with E-state index in [1.54, 1.807) is 12.1 Å². The molecule has 0 saturated heterocycles. The second-order valence-corrected chi connectivity index (χ2v) is 6.06. The van der Waals surface area contributed by atoms with Crippen LogP contribution >= 0.6 is 23.1 Å². The smallest absolute Gasteiger partial charge is 0.353 e. The van der Waals surface area contributed by atoms with Crippen molar-refractivity contribution in [2.45, 2.75) is 11.5 Å². The Morgan fingerprint density at radius 1 is 1.50 bits per heavy atom. The van der Waals surface area contributed by atoms with Crippen LogP contribution in [-0.4, -0.2) is 32.6 Å². The number of thiazole rings is 1. The number of hydrogen-bond donors (Lipinski definition) is 2. The molecule has 6 nitrogen and oxygen atoms in total. The number of rotatable bonds is 2. The van der Waals surface area contributed by atoms with Crippen molar-refractivity contribution in [3.8, 4) is 5.75 Å². The summed E-state index contributed by atoms with van der Waals surface area (Å²) >= 11 is 2.06. The Kier molecular flexibility index (Phi) is 3.32. The fourth-order valence-electron chi connectivity index (χ4n) is 1.73. The van der Waals surface area contributed by atoms with Crippen LogP contribution in [0.15, 0.2) is 23.2 Å². The third kappa shape index (κ3) is 2.23. The highest BCUT2D eigenvalue weighted by Gasteiger charge is 2.38. The number of aliphatic imine (C=N–C) groups is 1. The van der Waals surface area contributed by atoms with Gasteiger partial charge < -0.3 is 9.94 Å². The maximum atomic E-state index is 13.7. The Hall–Kier alpha value is -1.71. The van der Waals surface area contributed by atoms with E-state index in [-0.39, 0.29) is 5.75 Å². The summed E-state index contributed by atoms with van der Waals surface area (Å²) in [6.07, 6.45) is 0. The number of phenolic OH excluding ortho intramolecular Hbond substituents is 1. The third-order valence-corrected chi connectivity index (χ3v) is 4.80. The number of carbonyl (C=O) groups is 1. The third-order valence-electron chi connectivity index (χ3n) is 2.64. The quantitative estimate of drug-likeness (QED) is 0.817. The normalized spacial score (nSPS) is 22.0. The zero-order chi connectivity index (χ0) is 14.3. The molecule has 2 atom stereocenters. The minimum atomic E-state index is -1.54. The molecule has 2 aromatic rings. The SMILES string of the molecule is NOC(=O)[C@@H]1N=C(c2nc3ccc(O)cc3s2)SC1F. The molecule has 104 valence electrons. The van der Waals surface area contributed by atoms with E-state index in [1.807, 2.05) is 0 Å². The summed E-state index contributed by atoms with van der Waals surface area (Å²) in [5.74, 6) is 3.95.